The molecule has 0 aromatic carbocycles. The number of anilines is 1. The molecule has 0 spiro atoms. The Kier molecular flexibility index (Phi) is 5.75. The summed E-state index contributed by atoms with van der Waals surface area (Å²) in [5.74, 6) is 0.0434. The highest BCUT2D eigenvalue weighted by Crippen LogP contribution is 2.26. The van der Waals surface area contributed by atoms with Crippen molar-refractivity contribution in [3.63, 3.8) is 0 Å². The number of nitrogens with zero attached hydrogens (tertiary/aromatic N) is 1. The van der Waals surface area contributed by atoms with Gasteiger partial charge in [0.15, 0.2) is 5.13 Å². The zero-order valence-electron chi connectivity index (χ0n) is 11.5. The van der Waals surface area contributed by atoms with Gasteiger partial charge in [0.2, 0.25) is 5.91 Å². The number of hydrogen-bond donors (Lipinski definition) is 2. The van der Waals surface area contributed by atoms with Crippen LogP contribution in [0.4, 0.5) is 5.13 Å². The number of carbonyl (C=O) groups is 1. The number of nitrogens with two attached hydrogens (primary N) is 1. The van der Waals surface area contributed by atoms with Crippen LogP contribution in [0.25, 0.3) is 0 Å². The summed E-state index contributed by atoms with van der Waals surface area (Å²) in [7, 11) is 0. The van der Waals surface area contributed by atoms with Gasteiger partial charge in [0.25, 0.3) is 0 Å². The molecule has 3 N–H and O–H groups in total. The Morgan fingerprint density at radius 2 is 2.11 bits per heavy atom. The molecule has 102 valence electrons. The van der Waals surface area contributed by atoms with Gasteiger partial charge in [-0.25, -0.2) is 4.98 Å². The lowest BCUT2D eigenvalue weighted by Gasteiger charge is -2.14. The van der Waals surface area contributed by atoms with Crippen molar-refractivity contribution in [1.29, 1.82) is 0 Å². The molecule has 0 aliphatic rings. The average Bonchev–Trinajstić information content (AvgIpc) is 2.72. The van der Waals surface area contributed by atoms with Crippen LogP contribution in [-0.2, 0) is 10.2 Å². The SMILES string of the molecule is CC(C)(C)c1csc(NC(=O)CCCCCN)n1. The third-order valence-corrected chi connectivity index (χ3v) is 3.38. The molecule has 1 rings (SSSR count). The highest BCUT2D eigenvalue weighted by Gasteiger charge is 2.17. The smallest absolute Gasteiger partial charge is 0.226 e. The molecule has 0 saturated carbocycles. The van der Waals surface area contributed by atoms with Crippen LogP contribution in [-0.4, -0.2) is 17.4 Å². The maximum Gasteiger partial charge on any atom is 0.226 e. The van der Waals surface area contributed by atoms with Crippen LogP contribution < -0.4 is 11.1 Å². The molecule has 0 aliphatic heterocycles. The second-order valence-electron chi connectivity index (χ2n) is 5.44. The highest BCUT2D eigenvalue weighted by molar-refractivity contribution is 7.13. The van der Waals surface area contributed by atoms with E-state index in [9.17, 15) is 4.79 Å². The fourth-order valence-electron chi connectivity index (χ4n) is 1.46. The number of carbonyl (C=O) groups excluding carboxylic acids is 1. The van der Waals surface area contributed by atoms with Gasteiger partial charge in [-0.3, -0.25) is 4.79 Å². The first kappa shape index (κ1) is 15.1. The van der Waals surface area contributed by atoms with Crippen molar-refractivity contribution in [2.75, 3.05) is 11.9 Å². The van der Waals surface area contributed by atoms with Crippen molar-refractivity contribution in [2.45, 2.75) is 51.9 Å². The van der Waals surface area contributed by atoms with Gasteiger partial charge in [-0.2, -0.15) is 0 Å². The quantitative estimate of drug-likeness (QED) is 0.780. The number of amides is 1. The van der Waals surface area contributed by atoms with E-state index < -0.39 is 0 Å². The first-order valence-electron chi connectivity index (χ1n) is 6.39. The van der Waals surface area contributed by atoms with Crippen molar-refractivity contribution < 1.29 is 4.79 Å². The summed E-state index contributed by atoms with van der Waals surface area (Å²) in [6.07, 6.45) is 3.43. The number of hydrogen-bond acceptors (Lipinski definition) is 4. The van der Waals surface area contributed by atoms with Gasteiger partial charge in [-0.05, 0) is 19.4 Å². The molecule has 0 aliphatic carbocycles. The van der Waals surface area contributed by atoms with Crippen molar-refractivity contribution in [3.05, 3.63) is 11.1 Å². The second kappa shape index (κ2) is 6.85. The van der Waals surface area contributed by atoms with Crippen LogP contribution >= 0.6 is 11.3 Å². The topological polar surface area (TPSA) is 68.0 Å². The van der Waals surface area contributed by atoms with E-state index in [1.807, 2.05) is 5.38 Å². The van der Waals surface area contributed by atoms with Gasteiger partial charge in [-0.15, -0.1) is 11.3 Å². The standard InChI is InChI=1S/C13H23N3OS/c1-13(2,3)10-9-18-12(15-10)16-11(17)7-5-4-6-8-14/h9H,4-8,14H2,1-3H3,(H,15,16,17). The maximum absolute atomic E-state index is 11.7. The summed E-state index contributed by atoms with van der Waals surface area (Å²) in [5.41, 5.74) is 6.45. The normalized spacial score (nSPS) is 11.6. The highest BCUT2D eigenvalue weighted by atomic mass is 32.1. The van der Waals surface area contributed by atoms with Crippen LogP contribution in [0.1, 0.15) is 52.1 Å². The molecule has 5 heteroatoms. The van der Waals surface area contributed by atoms with E-state index >= 15 is 0 Å². The van der Waals surface area contributed by atoms with Crippen LogP contribution in [0, 0.1) is 0 Å². The van der Waals surface area contributed by atoms with Crippen LogP contribution in [0.5, 0.6) is 0 Å². The molecular weight excluding hydrogens is 246 g/mol. The minimum Gasteiger partial charge on any atom is -0.330 e. The van der Waals surface area contributed by atoms with Gasteiger partial charge in [0.1, 0.15) is 0 Å². The zero-order valence-corrected chi connectivity index (χ0v) is 12.3. The number of thiazole rings is 1. The Bertz CT molecular complexity index is 382. The third kappa shape index (κ3) is 5.14. The van der Waals surface area contributed by atoms with Crippen LogP contribution in [0.15, 0.2) is 5.38 Å². The zero-order chi connectivity index (χ0) is 13.6. The lowest BCUT2D eigenvalue weighted by molar-refractivity contribution is -0.116. The van der Waals surface area contributed by atoms with Crippen molar-refractivity contribution in [3.8, 4) is 0 Å². The summed E-state index contributed by atoms with van der Waals surface area (Å²) < 4.78 is 0. The van der Waals surface area contributed by atoms with Gasteiger partial charge < -0.3 is 11.1 Å². The molecule has 1 amide bonds. The number of unbranched alkanes of at least 4 members (excludes halogenated alkanes) is 2. The maximum atomic E-state index is 11.7. The van der Waals surface area contributed by atoms with Gasteiger partial charge in [0, 0.05) is 17.2 Å². The second-order valence-corrected chi connectivity index (χ2v) is 6.29. The minimum atomic E-state index is 0.0284. The minimum absolute atomic E-state index is 0.0284. The molecular formula is C13H23N3OS. The van der Waals surface area contributed by atoms with Crippen molar-refractivity contribution in [2.24, 2.45) is 5.73 Å². The van der Waals surface area contributed by atoms with E-state index in [0.29, 0.717) is 18.1 Å². The Labute approximate surface area is 113 Å². The molecule has 0 saturated heterocycles. The molecule has 0 unspecified atom stereocenters. The monoisotopic (exact) mass is 269 g/mol. The van der Waals surface area contributed by atoms with E-state index in [1.54, 1.807) is 0 Å². The summed E-state index contributed by atoms with van der Waals surface area (Å²) >= 11 is 1.49. The molecule has 1 aromatic heterocycles. The first-order valence-corrected chi connectivity index (χ1v) is 7.27. The van der Waals surface area contributed by atoms with Gasteiger partial charge in [-0.1, -0.05) is 27.2 Å². The van der Waals surface area contributed by atoms with Crippen LogP contribution in [0.2, 0.25) is 0 Å². The van der Waals surface area contributed by atoms with E-state index in [1.165, 1.54) is 11.3 Å². The van der Waals surface area contributed by atoms with Crippen LogP contribution in [0.3, 0.4) is 0 Å². The third-order valence-electron chi connectivity index (χ3n) is 2.63. The van der Waals surface area contributed by atoms with E-state index in [2.05, 4.69) is 31.1 Å². The molecule has 1 aromatic rings. The summed E-state index contributed by atoms with van der Waals surface area (Å²) in [4.78, 5) is 16.1. The Hall–Kier alpha value is -0.940. The van der Waals surface area contributed by atoms with Crippen molar-refractivity contribution in [1.82, 2.24) is 4.98 Å². The Balaban J connectivity index is 2.38. The first-order chi connectivity index (χ1) is 8.43. The van der Waals surface area contributed by atoms with E-state index in [4.69, 9.17) is 5.73 Å². The summed E-state index contributed by atoms with van der Waals surface area (Å²) in [5, 5.41) is 5.55. The lowest BCUT2D eigenvalue weighted by Crippen LogP contribution is -2.14. The molecule has 1 heterocycles. The molecule has 0 bridgehead atoms. The predicted molar refractivity (Wildman–Crippen MR) is 77.0 cm³/mol. The fraction of sp³-hybridized carbons (Fsp3) is 0.692. The average molecular weight is 269 g/mol. The predicted octanol–water partition coefficient (Wildman–Crippen LogP) is 2.90. The van der Waals surface area contributed by atoms with Gasteiger partial charge >= 0.3 is 0 Å². The molecule has 18 heavy (non-hydrogen) atoms. The van der Waals surface area contributed by atoms with Gasteiger partial charge in [0.05, 0.1) is 5.69 Å². The van der Waals surface area contributed by atoms with Crippen molar-refractivity contribution >= 4 is 22.4 Å². The Morgan fingerprint density at radius 1 is 1.39 bits per heavy atom. The fourth-order valence-corrected chi connectivity index (χ4v) is 2.42. The Morgan fingerprint density at radius 3 is 2.67 bits per heavy atom. The molecule has 4 nitrogen and oxygen atoms in total. The number of nitrogens with one attached hydrogen (secondary N) is 1. The lowest BCUT2D eigenvalue weighted by atomic mass is 9.93. The molecule has 0 fully saturated rings. The van der Waals surface area contributed by atoms with E-state index in [0.717, 1.165) is 25.0 Å². The molecule has 0 radical (unpaired) electrons. The summed E-state index contributed by atoms with van der Waals surface area (Å²) in [6.45, 7) is 7.03. The van der Waals surface area contributed by atoms with E-state index in [-0.39, 0.29) is 11.3 Å². The number of aromatic nitrogens is 1. The largest absolute Gasteiger partial charge is 0.330 e. The molecule has 0 atom stereocenters. The number of rotatable bonds is 6. The summed E-state index contributed by atoms with van der Waals surface area (Å²) in [6, 6.07) is 0.